The molecule has 6 heteroatoms. The molecule has 0 aromatic carbocycles. The van der Waals surface area contributed by atoms with Crippen molar-refractivity contribution in [3.05, 3.63) is 17.4 Å². The number of ether oxygens (including phenoxy) is 1. The lowest BCUT2D eigenvalue weighted by Gasteiger charge is -2.04. The first kappa shape index (κ1) is 12.2. The summed E-state index contributed by atoms with van der Waals surface area (Å²) in [7, 11) is 0. The maximum Gasteiger partial charge on any atom is 0.222 e. The highest BCUT2D eigenvalue weighted by Crippen LogP contribution is 2.05. The summed E-state index contributed by atoms with van der Waals surface area (Å²) in [6.07, 6.45) is 4.01. The van der Waals surface area contributed by atoms with E-state index in [1.165, 1.54) is 0 Å². The number of nitrogens with two attached hydrogens (primary N) is 1. The normalized spacial score (nSPS) is 10.3. The van der Waals surface area contributed by atoms with Crippen molar-refractivity contribution >= 4 is 17.5 Å². The van der Waals surface area contributed by atoms with Crippen LogP contribution in [0.4, 0.5) is 5.95 Å². The summed E-state index contributed by atoms with van der Waals surface area (Å²) < 4.78 is 5.21. The number of aromatic nitrogens is 2. The number of nitrogens with zero attached hydrogens (tertiary/aromatic N) is 2. The van der Waals surface area contributed by atoms with Gasteiger partial charge in [-0.3, -0.25) is 0 Å². The van der Waals surface area contributed by atoms with Crippen molar-refractivity contribution in [2.24, 2.45) is 5.73 Å². The van der Waals surface area contributed by atoms with Crippen molar-refractivity contribution in [2.75, 3.05) is 31.6 Å². The molecule has 0 aliphatic heterocycles. The van der Waals surface area contributed by atoms with Gasteiger partial charge in [0.15, 0.2) is 0 Å². The van der Waals surface area contributed by atoms with E-state index in [0.29, 0.717) is 30.7 Å². The van der Waals surface area contributed by atoms with Crippen molar-refractivity contribution in [1.82, 2.24) is 9.97 Å². The molecule has 0 aliphatic carbocycles. The molecule has 0 atom stereocenters. The maximum atomic E-state index is 5.65. The molecule has 1 aromatic rings. The van der Waals surface area contributed by atoms with E-state index < -0.39 is 0 Å². The molecule has 0 saturated heterocycles. The summed E-state index contributed by atoms with van der Waals surface area (Å²) in [6, 6.07) is 0. The average molecular weight is 231 g/mol. The second-order valence-electron chi connectivity index (χ2n) is 2.91. The molecule has 0 aliphatic rings. The highest BCUT2D eigenvalue weighted by atomic mass is 35.5. The standard InChI is InChI=1S/C9H15ClN4O/c10-8-6-13-9(14-7-8)12-3-1-4-15-5-2-11/h6-7H,1-5,11H2,(H,12,13,14). The fraction of sp³-hybridized carbons (Fsp3) is 0.556. The van der Waals surface area contributed by atoms with Gasteiger partial charge in [-0.15, -0.1) is 0 Å². The summed E-state index contributed by atoms with van der Waals surface area (Å²) >= 11 is 5.65. The maximum absolute atomic E-state index is 5.65. The Morgan fingerprint density at radius 3 is 2.73 bits per heavy atom. The van der Waals surface area contributed by atoms with Gasteiger partial charge in [0.25, 0.3) is 0 Å². The fourth-order valence-corrected chi connectivity index (χ4v) is 1.06. The van der Waals surface area contributed by atoms with E-state index in [1.807, 2.05) is 0 Å². The lowest BCUT2D eigenvalue weighted by Crippen LogP contribution is -2.12. The van der Waals surface area contributed by atoms with E-state index in [9.17, 15) is 0 Å². The SMILES string of the molecule is NCCOCCCNc1ncc(Cl)cn1. The Kier molecular flexibility index (Phi) is 5.99. The number of anilines is 1. The van der Waals surface area contributed by atoms with Gasteiger partial charge in [0.2, 0.25) is 5.95 Å². The molecule has 0 bridgehead atoms. The Balaban J connectivity index is 2.07. The minimum absolute atomic E-state index is 0.534. The van der Waals surface area contributed by atoms with E-state index in [2.05, 4.69) is 15.3 Å². The molecular weight excluding hydrogens is 216 g/mol. The van der Waals surface area contributed by atoms with Gasteiger partial charge in [-0.2, -0.15) is 0 Å². The molecule has 3 N–H and O–H groups in total. The first-order valence-corrected chi connectivity index (χ1v) is 5.20. The second-order valence-corrected chi connectivity index (χ2v) is 3.34. The summed E-state index contributed by atoms with van der Waals surface area (Å²) in [5, 5.41) is 3.59. The number of hydrogen-bond donors (Lipinski definition) is 2. The van der Waals surface area contributed by atoms with Crippen LogP contribution in [0.2, 0.25) is 5.02 Å². The van der Waals surface area contributed by atoms with Gasteiger partial charge in [0.1, 0.15) is 0 Å². The number of hydrogen-bond acceptors (Lipinski definition) is 5. The molecule has 0 radical (unpaired) electrons. The molecule has 0 saturated carbocycles. The van der Waals surface area contributed by atoms with Crippen LogP contribution in [0.3, 0.4) is 0 Å². The second kappa shape index (κ2) is 7.39. The van der Waals surface area contributed by atoms with Gasteiger partial charge in [0, 0.05) is 19.7 Å². The van der Waals surface area contributed by atoms with Gasteiger partial charge in [-0.25, -0.2) is 9.97 Å². The molecule has 5 nitrogen and oxygen atoms in total. The highest BCUT2D eigenvalue weighted by Gasteiger charge is 1.94. The molecule has 1 heterocycles. The van der Waals surface area contributed by atoms with Crippen LogP contribution in [0, 0.1) is 0 Å². The summed E-state index contributed by atoms with van der Waals surface area (Å²) in [5.74, 6) is 0.582. The predicted molar refractivity (Wildman–Crippen MR) is 60.0 cm³/mol. The van der Waals surface area contributed by atoms with Gasteiger partial charge in [-0.05, 0) is 6.42 Å². The van der Waals surface area contributed by atoms with Crippen molar-refractivity contribution in [3.8, 4) is 0 Å². The zero-order valence-electron chi connectivity index (χ0n) is 8.45. The largest absolute Gasteiger partial charge is 0.380 e. The van der Waals surface area contributed by atoms with Crippen LogP contribution in [0.25, 0.3) is 0 Å². The molecule has 15 heavy (non-hydrogen) atoms. The van der Waals surface area contributed by atoms with Gasteiger partial charge in [-0.1, -0.05) is 11.6 Å². The first-order valence-electron chi connectivity index (χ1n) is 4.82. The third kappa shape index (κ3) is 5.51. The molecule has 0 unspecified atom stereocenters. The zero-order valence-corrected chi connectivity index (χ0v) is 9.20. The van der Waals surface area contributed by atoms with Crippen LogP contribution < -0.4 is 11.1 Å². The number of rotatable bonds is 7. The molecule has 84 valence electrons. The molecular formula is C9H15ClN4O. The third-order valence-electron chi connectivity index (χ3n) is 1.63. The molecule has 0 spiro atoms. The Morgan fingerprint density at radius 2 is 2.07 bits per heavy atom. The molecule has 1 aromatic heterocycles. The fourth-order valence-electron chi connectivity index (χ4n) is 0.963. The minimum atomic E-state index is 0.534. The van der Waals surface area contributed by atoms with Crippen LogP contribution in [0.1, 0.15) is 6.42 Å². The van der Waals surface area contributed by atoms with E-state index in [-0.39, 0.29) is 0 Å². The highest BCUT2D eigenvalue weighted by molar-refractivity contribution is 6.30. The van der Waals surface area contributed by atoms with E-state index in [0.717, 1.165) is 13.0 Å². The number of halogens is 1. The quantitative estimate of drug-likeness (QED) is 0.682. The van der Waals surface area contributed by atoms with Crippen LogP contribution >= 0.6 is 11.6 Å². The Labute approximate surface area is 94.0 Å². The minimum Gasteiger partial charge on any atom is -0.380 e. The summed E-state index contributed by atoms with van der Waals surface area (Å²) in [6.45, 7) is 2.63. The van der Waals surface area contributed by atoms with E-state index >= 15 is 0 Å². The van der Waals surface area contributed by atoms with Crippen LogP contribution in [0.15, 0.2) is 12.4 Å². The Morgan fingerprint density at radius 1 is 1.33 bits per heavy atom. The van der Waals surface area contributed by atoms with Crippen LogP contribution in [0.5, 0.6) is 0 Å². The van der Waals surface area contributed by atoms with Crippen molar-refractivity contribution in [2.45, 2.75) is 6.42 Å². The van der Waals surface area contributed by atoms with Gasteiger partial charge in [0.05, 0.1) is 24.0 Å². The topological polar surface area (TPSA) is 73.1 Å². The van der Waals surface area contributed by atoms with Crippen LogP contribution in [-0.4, -0.2) is 36.3 Å². The monoisotopic (exact) mass is 230 g/mol. The van der Waals surface area contributed by atoms with Crippen LogP contribution in [-0.2, 0) is 4.74 Å². The average Bonchev–Trinajstić information content (AvgIpc) is 2.26. The van der Waals surface area contributed by atoms with Crippen molar-refractivity contribution in [1.29, 1.82) is 0 Å². The van der Waals surface area contributed by atoms with E-state index in [1.54, 1.807) is 12.4 Å². The molecule has 0 fully saturated rings. The van der Waals surface area contributed by atoms with Gasteiger partial charge >= 0.3 is 0 Å². The van der Waals surface area contributed by atoms with Crippen molar-refractivity contribution in [3.63, 3.8) is 0 Å². The zero-order chi connectivity index (χ0) is 10.9. The third-order valence-corrected chi connectivity index (χ3v) is 1.83. The lowest BCUT2D eigenvalue weighted by molar-refractivity contribution is 0.141. The first-order chi connectivity index (χ1) is 7.33. The smallest absolute Gasteiger partial charge is 0.222 e. The predicted octanol–water partition coefficient (Wildman–Crippen LogP) is 0.907. The number of nitrogens with one attached hydrogen (secondary N) is 1. The van der Waals surface area contributed by atoms with Gasteiger partial charge < -0.3 is 15.8 Å². The summed E-state index contributed by atoms with van der Waals surface area (Å²) in [5.41, 5.74) is 5.28. The molecule has 1 rings (SSSR count). The van der Waals surface area contributed by atoms with E-state index in [4.69, 9.17) is 22.1 Å². The molecule has 0 amide bonds. The Bertz CT molecular complexity index is 267. The lowest BCUT2D eigenvalue weighted by atomic mass is 10.4. The summed E-state index contributed by atoms with van der Waals surface area (Å²) in [4.78, 5) is 7.99. The van der Waals surface area contributed by atoms with Crippen molar-refractivity contribution < 1.29 is 4.74 Å². The Hall–Kier alpha value is -0.910.